The molecule has 1 fully saturated rings. The summed E-state index contributed by atoms with van der Waals surface area (Å²) < 4.78 is 5.10. The topological polar surface area (TPSA) is 49.8 Å². The van der Waals surface area contributed by atoms with Gasteiger partial charge in [-0.2, -0.15) is 0 Å². The highest BCUT2D eigenvalue weighted by atomic mass is 16.5. The zero-order chi connectivity index (χ0) is 14.1. The van der Waals surface area contributed by atoms with Crippen LogP contribution in [-0.2, 0) is 9.53 Å². The Hall–Kier alpha value is -0.610. The molecule has 0 heterocycles. The first-order valence-electron chi connectivity index (χ1n) is 7.62. The molecule has 0 aromatic rings. The zero-order valence-electron chi connectivity index (χ0n) is 12.4. The highest BCUT2D eigenvalue weighted by Crippen LogP contribution is 2.28. The van der Waals surface area contributed by atoms with Crippen molar-refractivity contribution in [3.8, 4) is 0 Å². The molecule has 1 aliphatic rings. The molecular formula is C15H29NO3. The first-order chi connectivity index (χ1) is 9.17. The van der Waals surface area contributed by atoms with Gasteiger partial charge in [-0.1, -0.05) is 32.6 Å². The first kappa shape index (κ1) is 16.4. The van der Waals surface area contributed by atoms with Crippen molar-refractivity contribution in [2.75, 3.05) is 26.8 Å². The summed E-state index contributed by atoms with van der Waals surface area (Å²) in [6.07, 6.45) is 8.66. The van der Waals surface area contributed by atoms with E-state index in [1.807, 2.05) is 0 Å². The fraction of sp³-hybridized carbons (Fsp3) is 0.933. The van der Waals surface area contributed by atoms with Crippen LogP contribution in [0.4, 0.5) is 0 Å². The Kier molecular flexibility index (Phi) is 8.07. The third-order valence-corrected chi connectivity index (χ3v) is 4.19. The fourth-order valence-corrected chi connectivity index (χ4v) is 3.19. The molecule has 1 rings (SSSR count). The minimum Gasteiger partial charge on any atom is -0.480 e. The van der Waals surface area contributed by atoms with E-state index >= 15 is 0 Å². The number of hydrogen-bond donors (Lipinski definition) is 1. The van der Waals surface area contributed by atoms with Gasteiger partial charge in [0.15, 0.2) is 0 Å². The normalized spacial score (nSPS) is 24.4. The summed E-state index contributed by atoms with van der Waals surface area (Å²) in [4.78, 5) is 13.1. The Morgan fingerprint density at radius 1 is 1.32 bits per heavy atom. The molecule has 1 aliphatic carbocycles. The van der Waals surface area contributed by atoms with E-state index in [4.69, 9.17) is 9.84 Å². The van der Waals surface area contributed by atoms with Crippen LogP contribution in [0.5, 0.6) is 0 Å². The van der Waals surface area contributed by atoms with E-state index in [9.17, 15) is 4.79 Å². The molecule has 0 aliphatic heterocycles. The molecule has 0 radical (unpaired) electrons. The Labute approximate surface area is 117 Å². The third kappa shape index (κ3) is 6.39. The molecule has 0 spiro atoms. The van der Waals surface area contributed by atoms with E-state index in [0.29, 0.717) is 12.6 Å². The summed E-state index contributed by atoms with van der Waals surface area (Å²) in [5.74, 6) is 0.120. The smallest absolute Gasteiger partial charge is 0.317 e. The molecule has 4 nitrogen and oxygen atoms in total. The Morgan fingerprint density at radius 3 is 2.74 bits per heavy atom. The van der Waals surface area contributed by atoms with Crippen LogP contribution in [0.15, 0.2) is 0 Å². The van der Waals surface area contributed by atoms with Gasteiger partial charge in [0.2, 0.25) is 0 Å². The molecule has 0 saturated heterocycles. The number of ether oxygens (including phenoxy) is 1. The fourth-order valence-electron chi connectivity index (χ4n) is 3.19. The van der Waals surface area contributed by atoms with Crippen molar-refractivity contribution in [2.24, 2.45) is 5.92 Å². The van der Waals surface area contributed by atoms with Crippen molar-refractivity contribution in [3.05, 3.63) is 0 Å². The van der Waals surface area contributed by atoms with E-state index in [1.165, 1.54) is 32.1 Å². The summed E-state index contributed by atoms with van der Waals surface area (Å²) in [7, 11) is 1.67. The van der Waals surface area contributed by atoms with Crippen LogP contribution < -0.4 is 0 Å². The second-order valence-electron chi connectivity index (χ2n) is 5.67. The lowest BCUT2D eigenvalue weighted by Gasteiger charge is -2.29. The number of carboxylic acids is 1. The van der Waals surface area contributed by atoms with Crippen molar-refractivity contribution in [3.63, 3.8) is 0 Å². The monoisotopic (exact) mass is 271 g/mol. The molecule has 0 aromatic heterocycles. The lowest BCUT2D eigenvalue weighted by molar-refractivity contribution is -0.139. The van der Waals surface area contributed by atoms with Crippen LogP contribution in [0.2, 0.25) is 0 Å². The highest BCUT2D eigenvalue weighted by Gasteiger charge is 2.24. The maximum Gasteiger partial charge on any atom is 0.317 e. The average Bonchev–Trinajstić information content (AvgIpc) is 2.60. The summed E-state index contributed by atoms with van der Waals surface area (Å²) >= 11 is 0. The summed E-state index contributed by atoms with van der Waals surface area (Å²) in [5.41, 5.74) is 0. The number of carbonyl (C=O) groups is 1. The molecule has 1 saturated carbocycles. The molecule has 4 heteroatoms. The van der Waals surface area contributed by atoms with Gasteiger partial charge in [-0.05, 0) is 25.2 Å². The predicted molar refractivity (Wildman–Crippen MR) is 76.4 cm³/mol. The maximum absolute atomic E-state index is 11.0. The molecular weight excluding hydrogens is 242 g/mol. The van der Waals surface area contributed by atoms with Crippen molar-refractivity contribution < 1.29 is 14.6 Å². The van der Waals surface area contributed by atoms with E-state index < -0.39 is 5.97 Å². The number of rotatable bonds is 8. The zero-order valence-corrected chi connectivity index (χ0v) is 12.4. The Balaban J connectivity index is 2.50. The molecule has 2 unspecified atom stereocenters. The molecule has 112 valence electrons. The Morgan fingerprint density at radius 2 is 2.11 bits per heavy atom. The van der Waals surface area contributed by atoms with E-state index in [2.05, 4.69) is 11.8 Å². The van der Waals surface area contributed by atoms with Gasteiger partial charge in [-0.3, -0.25) is 9.69 Å². The van der Waals surface area contributed by atoms with Gasteiger partial charge in [0, 0.05) is 19.7 Å². The van der Waals surface area contributed by atoms with Gasteiger partial charge in [-0.15, -0.1) is 0 Å². The van der Waals surface area contributed by atoms with Crippen molar-refractivity contribution in [1.82, 2.24) is 4.90 Å². The van der Waals surface area contributed by atoms with Crippen LogP contribution >= 0.6 is 0 Å². The third-order valence-electron chi connectivity index (χ3n) is 4.19. The lowest BCUT2D eigenvalue weighted by atomic mass is 9.95. The molecule has 0 aromatic carbocycles. The van der Waals surface area contributed by atoms with Crippen LogP contribution in [0, 0.1) is 5.92 Å². The number of nitrogens with zero attached hydrogens (tertiary/aromatic N) is 1. The van der Waals surface area contributed by atoms with Gasteiger partial charge >= 0.3 is 5.97 Å². The van der Waals surface area contributed by atoms with E-state index in [-0.39, 0.29) is 6.54 Å². The SMILES string of the molecule is CCCC1CCCC(N(CCOC)CC(=O)O)CC1. The van der Waals surface area contributed by atoms with Crippen molar-refractivity contribution in [2.45, 2.75) is 57.9 Å². The predicted octanol–water partition coefficient (Wildman–Crippen LogP) is 2.77. The van der Waals surface area contributed by atoms with Gasteiger partial charge in [0.05, 0.1) is 13.2 Å². The summed E-state index contributed by atoms with van der Waals surface area (Å²) in [5, 5.41) is 9.04. The molecule has 0 bridgehead atoms. The number of carboxylic acid groups (broad SMARTS) is 1. The minimum atomic E-state index is -0.731. The maximum atomic E-state index is 11.0. The lowest BCUT2D eigenvalue weighted by Crippen LogP contribution is -2.41. The Bertz CT molecular complexity index is 258. The first-order valence-corrected chi connectivity index (χ1v) is 7.62. The largest absolute Gasteiger partial charge is 0.480 e. The van der Waals surface area contributed by atoms with Crippen molar-refractivity contribution in [1.29, 1.82) is 0 Å². The standard InChI is InChI=1S/C15H29NO3/c1-3-5-13-6-4-7-14(9-8-13)16(10-11-19-2)12-15(17)18/h13-14H,3-12H2,1-2H3,(H,17,18). The van der Waals surface area contributed by atoms with Crippen LogP contribution in [0.3, 0.4) is 0 Å². The summed E-state index contributed by atoms with van der Waals surface area (Å²) in [6.45, 7) is 3.73. The number of aliphatic carboxylic acids is 1. The van der Waals surface area contributed by atoms with E-state index in [0.717, 1.165) is 25.3 Å². The second-order valence-corrected chi connectivity index (χ2v) is 5.67. The van der Waals surface area contributed by atoms with Crippen LogP contribution in [-0.4, -0.2) is 48.8 Å². The number of methoxy groups -OCH3 is 1. The van der Waals surface area contributed by atoms with Gasteiger partial charge in [0.1, 0.15) is 0 Å². The van der Waals surface area contributed by atoms with Crippen LogP contribution in [0.1, 0.15) is 51.9 Å². The molecule has 0 amide bonds. The van der Waals surface area contributed by atoms with Gasteiger partial charge in [-0.25, -0.2) is 0 Å². The van der Waals surface area contributed by atoms with Gasteiger partial charge in [0.25, 0.3) is 0 Å². The number of hydrogen-bond acceptors (Lipinski definition) is 3. The average molecular weight is 271 g/mol. The van der Waals surface area contributed by atoms with Gasteiger partial charge < -0.3 is 9.84 Å². The van der Waals surface area contributed by atoms with E-state index in [1.54, 1.807) is 7.11 Å². The quantitative estimate of drug-likeness (QED) is 0.690. The molecule has 2 atom stereocenters. The van der Waals surface area contributed by atoms with Crippen molar-refractivity contribution >= 4 is 5.97 Å². The highest BCUT2D eigenvalue weighted by molar-refractivity contribution is 5.69. The second kappa shape index (κ2) is 9.32. The molecule has 1 N–H and O–H groups in total. The molecule has 19 heavy (non-hydrogen) atoms. The minimum absolute atomic E-state index is 0.145. The van der Waals surface area contributed by atoms with Crippen LogP contribution in [0.25, 0.3) is 0 Å². The summed E-state index contributed by atoms with van der Waals surface area (Å²) in [6, 6.07) is 0.424.